The van der Waals surface area contributed by atoms with E-state index in [9.17, 15) is 0 Å². The Kier molecular flexibility index (Phi) is 4.15. The Morgan fingerprint density at radius 1 is 1.10 bits per heavy atom. The fourth-order valence-electron chi connectivity index (χ4n) is 2.54. The number of pyridine rings is 1. The zero-order valence-corrected chi connectivity index (χ0v) is 12.7. The van der Waals surface area contributed by atoms with E-state index < -0.39 is 0 Å². The van der Waals surface area contributed by atoms with E-state index in [2.05, 4.69) is 46.4 Å². The second-order valence-corrected chi connectivity index (χ2v) is 5.37. The van der Waals surface area contributed by atoms with Crippen molar-refractivity contribution in [2.75, 3.05) is 0 Å². The SMILES string of the molecule is CCCc1nnc(Cl)n1CCc1cccc2cccnc12. The summed E-state index contributed by atoms with van der Waals surface area (Å²) < 4.78 is 1.99. The number of benzene rings is 1. The minimum atomic E-state index is 0.464. The fraction of sp³-hybridized carbons (Fsp3) is 0.312. The first-order chi connectivity index (χ1) is 10.3. The number of nitrogens with zero attached hydrogens (tertiary/aromatic N) is 4. The summed E-state index contributed by atoms with van der Waals surface area (Å²) in [5.41, 5.74) is 2.28. The van der Waals surface area contributed by atoms with Crippen LogP contribution in [0.3, 0.4) is 0 Å². The van der Waals surface area contributed by atoms with E-state index in [1.54, 1.807) is 0 Å². The lowest BCUT2D eigenvalue weighted by atomic mass is 10.1. The Morgan fingerprint density at radius 2 is 1.95 bits per heavy atom. The van der Waals surface area contributed by atoms with Crippen molar-refractivity contribution in [1.82, 2.24) is 19.7 Å². The fourth-order valence-corrected chi connectivity index (χ4v) is 2.76. The van der Waals surface area contributed by atoms with Crippen molar-refractivity contribution >= 4 is 22.5 Å². The number of aromatic nitrogens is 4. The highest BCUT2D eigenvalue weighted by Gasteiger charge is 2.10. The lowest BCUT2D eigenvalue weighted by Crippen LogP contribution is -2.07. The predicted octanol–water partition coefficient (Wildman–Crippen LogP) is 3.67. The lowest BCUT2D eigenvalue weighted by Gasteiger charge is -2.09. The molecule has 0 N–H and O–H groups in total. The molecule has 3 aromatic rings. The van der Waals surface area contributed by atoms with Crippen molar-refractivity contribution in [2.45, 2.75) is 32.7 Å². The van der Waals surface area contributed by atoms with E-state index in [0.29, 0.717) is 5.28 Å². The normalized spacial score (nSPS) is 11.1. The molecule has 0 saturated carbocycles. The van der Waals surface area contributed by atoms with Gasteiger partial charge < -0.3 is 4.57 Å². The summed E-state index contributed by atoms with van der Waals surface area (Å²) in [6.07, 6.45) is 4.63. The summed E-state index contributed by atoms with van der Waals surface area (Å²) in [5, 5.41) is 9.75. The molecule has 2 heterocycles. The van der Waals surface area contributed by atoms with Gasteiger partial charge in [0, 0.05) is 24.5 Å². The summed E-state index contributed by atoms with van der Waals surface area (Å²) in [6.45, 7) is 2.90. The molecular formula is C16H17ClN4. The quantitative estimate of drug-likeness (QED) is 0.722. The van der Waals surface area contributed by atoms with Crippen LogP contribution in [-0.4, -0.2) is 19.7 Å². The van der Waals surface area contributed by atoms with Gasteiger partial charge >= 0.3 is 0 Å². The zero-order chi connectivity index (χ0) is 14.7. The number of hydrogen-bond donors (Lipinski definition) is 0. The molecule has 0 saturated heterocycles. The largest absolute Gasteiger partial charge is 0.301 e. The maximum Gasteiger partial charge on any atom is 0.225 e. The van der Waals surface area contributed by atoms with Gasteiger partial charge in [-0.25, -0.2) is 0 Å². The molecule has 2 aromatic heterocycles. The number of para-hydroxylation sites is 1. The van der Waals surface area contributed by atoms with Gasteiger partial charge in [0.15, 0.2) is 0 Å². The third-order valence-corrected chi connectivity index (χ3v) is 3.86. The van der Waals surface area contributed by atoms with Crippen LogP contribution >= 0.6 is 11.6 Å². The van der Waals surface area contributed by atoms with Gasteiger partial charge in [0.25, 0.3) is 0 Å². The smallest absolute Gasteiger partial charge is 0.225 e. The third kappa shape index (κ3) is 2.90. The Morgan fingerprint density at radius 3 is 2.81 bits per heavy atom. The third-order valence-electron chi connectivity index (χ3n) is 3.58. The average Bonchev–Trinajstić information content (AvgIpc) is 2.86. The monoisotopic (exact) mass is 300 g/mol. The highest BCUT2D eigenvalue weighted by Crippen LogP contribution is 2.18. The number of fused-ring (bicyclic) bond motifs is 1. The van der Waals surface area contributed by atoms with Crippen LogP contribution in [0.5, 0.6) is 0 Å². The molecule has 0 amide bonds. The minimum absolute atomic E-state index is 0.464. The summed E-state index contributed by atoms with van der Waals surface area (Å²) in [7, 11) is 0. The van der Waals surface area contributed by atoms with E-state index in [-0.39, 0.29) is 0 Å². The first kappa shape index (κ1) is 14.0. The van der Waals surface area contributed by atoms with Crippen molar-refractivity contribution in [3.63, 3.8) is 0 Å². The molecule has 1 aromatic carbocycles. The molecule has 0 radical (unpaired) electrons. The highest BCUT2D eigenvalue weighted by molar-refractivity contribution is 6.28. The van der Waals surface area contributed by atoms with Gasteiger partial charge in [-0.1, -0.05) is 31.2 Å². The molecule has 0 aliphatic carbocycles. The van der Waals surface area contributed by atoms with Crippen molar-refractivity contribution in [2.24, 2.45) is 0 Å². The first-order valence-corrected chi connectivity index (χ1v) is 7.57. The summed E-state index contributed by atoms with van der Waals surface area (Å²) in [6, 6.07) is 10.3. The topological polar surface area (TPSA) is 43.6 Å². The molecule has 0 bridgehead atoms. The van der Waals surface area contributed by atoms with Gasteiger partial charge in [-0.15, -0.1) is 10.2 Å². The maximum atomic E-state index is 6.14. The first-order valence-electron chi connectivity index (χ1n) is 7.20. The number of halogens is 1. The van der Waals surface area contributed by atoms with Crippen LogP contribution < -0.4 is 0 Å². The Balaban J connectivity index is 1.85. The van der Waals surface area contributed by atoms with Gasteiger partial charge in [-0.3, -0.25) is 4.98 Å². The van der Waals surface area contributed by atoms with Crippen LogP contribution in [0.15, 0.2) is 36.5 Å². The molecular weight excluding hydrogens is 284 g/mol. The number of aryl methyl sites for hydroxylation is 2. The average molecular weight is 301 g/mol. The second kappa shape index (κ2) is 6.22. The van der Waals surface area contributed by atoms with Gasteiger partial charge in [0.2, 0.25) is 5.28 Å². The van der Waals surface area contributed by atoms with E-state index in [0.717, 1.165) is 37.1 Å². The van der Waals surface area contributed by atoms with Crippen molar-refractivity contribution in [1.29, 1.82) is 0 Å². The zero-order valence-electron chi connectivity index (χ0n) is 12.0. The summed E-state index contributed by atoms with van der Waals surface area (Å²) in [4.78, 5) is 4.49. The van der Waals surface area contributed by atoms with E-state index >= 15 is 0 Å². The minimum Gasteiger partial charge on any atom is -0.301 e. The molecule has 0 aliphatic rings. The highest BCUT2D eigenvalue weighted by atomic mass is 35.5. The van der Waals surface area contributed by atoms with Crippen LogP contribution in [0.2, 0.25) is 5.28 Å². The summed E-state index contributed by atoms with van der Waals surface area (Å²) in [5.74, 6) is 0.954. The standard InChI is InChI=1S/C16H17ClN4/c1-2-5-14-19-20-16(17)21(14)11-9-13-7-3-6-12-8-4-10-18-15(12)13/h3-4,6-8,10H,2,5,9,11H2,1H3. The molecule has 0 fully saturated rings. The molecule has 108 valence electrons. The van der Waals surface area contributed by atoms with Crippen LogP contribution in [0.4, 0.5) is 0 Å². The molecule has 4 nitrogen and oxygen atoms in total. The molecule has 0 atom stereocenters. The molecule has 0 spiro atoms. The lowest BCUT2D eigenvalue weighted by molar-refractivity contribution is 0.644. The molecule has 0 unspecified atom stereocenters. The van der Waals surface area contributed by atoms with Crippen LogP contribution in [-0.2, 0) is 19.4 Å². The van der Waals surface area contributed by atoms with Gasteiger partial charge in [-0.2, -0.15) is 0 Å². The Hall–Kier alpha value is -1.94. The van der Waals surface area contributed by atoms with Crippen molar-refractivity contribution in [3.05, 3.63) is 53.2 Å². The van der Waals surface area contributed by atoms with Crippen LogP contribution in [0.1, 0.15) is 24.7 Å². The molecule has 3 rings (SSSR count). The molecule has 21 heavy (non-hydrogen) atoms. The molecule has 5 heteroatoms. The second-order valence-electron chi connectivity index (χ2n) is 5.03. The van der Waals surface area contributed by atoms with Crippen molar-refractivity contribution < 1.29 is 0 Å². The number of rotatable bonds is 5. The van der Waals surface area contributed by atoms with Crippen LogP contribution in [0.25, 0.3) is 10.9 Å². The maximum absolute atomic E-state index is 6.14. The molecule has 0 aliphatic heterocycles. The summed E-state index contributed by atoms with van der Waals surface area (Å²) >= 11 is 6.14. The van der Waals surface area contributed by atoms with Gasteiger partial charge in [0.05, 0.1) is 5.52 Å². The van der Waals surface area contributed by atoms with E-state index in [4.69, 9.17) is 11.6 Å². The van der Waals surface area contributed by atoms with E-state index in [1.807, 2.05) is 16.8 Å². The Bertz CT molecular complexity index is 746. The Labute approximate surface area is 128 Å². The van der Waals surface area contributed by atoms with Crippen LogP contribution in [0, 0.1) is 0 Å². The predicted molar refractivity (Wildman–Crippen MR) is 84.5 cm³/mol. The van der Waals surface area contributed by atoms with Gasteiger partial charge in [-0.05, 0) is 36.1 Å². The number of hydrogen-bond acceptors (Lipinski definition) is 3. The van der Waals surface area contributed by atoms with E-state index in [1.165, 1.54) is 10.9 Å². The van der Waals surface area contributed by atoms with Crippen molar-refractivity contribution in [3.8, 4) is 0 Å². The van der Waals surface area contributed by atoms with Gasteiger partial charge in [0.1, 0.15) is 5.82 Å².